The van der Waals surface area contributed by atoms with E-state index in [0.717, 1.165) is 54.6 Å². The van der Waals surface area contributed by atoms with Crippen molar-refractivity contribution < 1.29 is 4.39 Å². The Morgan fingerprint density at radius 1 is 1.28 bits per heavy atom. The van der Waals surface area contributed by atoms with E-state index in [1.54, 1.807) is 12.1 Å². The van der Waals surface area contributed by atoms with Gasteiger partial charge in [-0.3, -0.25) is 4.90 Å². The first-order valence-corrected chi connectivity index (χ1v) is 6.89. The molecule has 0 amide bonds. The topological polar surface area (TPSA) is 15.3 Å². The lowest BCUT2D eigenvalue weighted by Crippen LogP contribution is -2.26. The number of benzene rings is 1. The SMILES string of the molecule is Cl.Fc1cccc(Br)c1CN1C[C@H]2CNC[C@H]2C1. The first-order chi connectivity index (χ1) is 8.24. The fraction of sp³-hybridized carbons (Fsp3) is 0.538. The Morgan fingerprint density at radius 2 is 1.94 bits per heavy atom. The van der Waals surface area contributed by atoms with E-state index in [2.05, 4.69) is 26.1 Å². The number of likely N-dealkylation sites (tertiary alicyclic amines) is 1. The second kappa shape index (κ2) is 5.87. The van der Waals surface area contributed by atoms with Crippen LogP contribution in [-0.2, 0) is 6.54 Å². The molecule has 2 heterocycles. The first-order valence-electron chi connectivity index (χ1n) is 6.10. The molecular weight excluding hydrogens is 319 g/mol. The van der Waals surface area contributed by atoms with Crippen LogP contribution < -0.4 is 5.32 Å². The summed E-state index contributed by atoms with van der Waals surface area (Å²) in [4.78, 5) is 2.37. The van der Waals surface area contributed by atoms with Crippen molar-refractivity contribution in [3.8, 4) is 0 Å². The number of fused-ring (bicyclic) bond motifs is 1. The molecule has 2 atom stereocenters. The highest BCUT2D eigenvalue weighted by atomic mass is 79.9. The quantitative estimate of drug-likeness (QED) is 0.894. The fourth-order valence-corrected chi connectivity index (χ4v) is 3.46. The second-order valence-electron chi connectivity index (χ2n) is 5.07. The summed E-state index contributed by atoms with van der Waals surface area (Å²) in [5, 5.41) is 3.42. The average Bonchev–Trinajstić information content (AvgIpc) is 2.83. The highest BCUT2D eigenvalue weighted by molar-refractivity contribution is 9.10. The number of nitrogens with zero attached hydrogens (tertiary/aromatic N) is 1. The molecule has 1 aromatic carbocycles. The molecule has 0 saturated carbocycles. The molecule has 0 unspecified atom stereocenters. The van der Waals surface area contributed by atoms with Crippen LogP contribution in [0.3, 0.4) is 0 Å². The number of hydrogen-bond acceptors (Lipinski definition) is 2. The molecule has 18 heavy (non-hydrogen) atoms. The van der Waals surface area contributed by atoms with Gasteiger partial charge in [-0.15, -0.1) is 12.4 Å². The van der Waals surface area contributed by atoms with Gasteiger partial charge in [-0.25, -0.2) is 4.39 Å². The zero-order chi connectivity index (χ0) is 11.8. The molecule has 100 valence electrons. The van der Waals surface area contributed by atoms with Crippen LogP contribution in [0.2, 0.25) is 0 Å². The maximum atomic E-state index is 13.7. The molecule has 1 aromatic rings. The zero-order valence-electron chi connectivity index (χ0n) is 10.0. The Morgan fingerprint density at radius 3 is 2.56 bits per heavy atom. The third-order valence-electron chi connectivity index (χ3n) is 3.91. The smallest absolute Gasteiger partial charge is 0.128 e. The number of hydrogen-bond donors (Lipinski definition) is 1. The molecule has 2 aliphatic heterocycles. The maximum absolute atomic E-state index is 13.7. The zero-order valence-corrected chi connectivity index (χ0v) is 12.4. The van der Waals surface area contributed by atoms with Crippen molar-refractivity contribution in [2.75, 3.05) is 26.2 Å². The van der Waals surface area contributed by atoms with Crippen molar-refractivity contribution in [2.24, 2.45) is 11.8 Å². The summed E-state index contributed by atoms with van der Waals surface area (Å²) in [6.07, 6.45) is 0. The fourth-order valence-electron chi connectivity index (χ4n) is 2.99. The van der Waals surface area contributed by atoms with Gasteiger partial charge in [-0.05, 0) is 37.1 Å². The Labute approximate surface area is 121 Å². The van der Waals surface area contributed by atoms with Gasteiger partial charge in [0, 0.05) is 29.7 Å². The van der Waals surface area contributed by atoms with E-state index in [-0.39, 0.29) is 18.2 Å². The Bertz CT molecular complexity index is 397. The molecule has 2 fully saturated rings. The highest BCUT2D eigenvalue weighted by Gasteiger charge is 2.36. The molecule has 0 aromatic heterocycles. The van der Waals surface area contributed by atoms with Gasteiger partial charge in [0.05, 0.1) is 0 Å². The van der Waals surface area contributed by atoms with E-state index >= 15 is 0 Å². The van der Waals surface area contributed by atoms with Crippen molar-refractivity contribution >= 4 is 28.3 Å². The van der Waals surface area contributed by atoms with Crippen LogP contribution in [0, 0.1) is 17.7 Å². The van der Waals surface area contributed by atoms with Gasteiger partial charge in [0.2, 0.25) is 0 Å². The number of halogens is 3. The minimum atomic E-state index is -0.102. The predicted octanol–water partition coefficient (Wildman–Crippen LogP) is 2.66. The molecule has 0 radical (unpaired) electrons. The Kier molecular flexibility index (Phi) is 4.64. The van der Waals surface area contributed by atoms with Crippen LogP contribution in [-0.4, -0.2) is 31.1 Å². The van der Waals surface area contributed by atoms with Crippen LogP contribution in [0.1, 0.15) is 5.56 Å². The molecule has 2 saturated heterocycles. The highest BCUT2D eigenvalue weighted by Crippen LogP contribution is 2.29. The Hall–Kier alpha value is -0.160. The Balaban J connectivity index is 0.00000120. The minimum Gasteiger partial charge on any atom is -0.316 e. The number of rotatable bonds is 2. The molecule has 3 rings (SSSR count). The van der Waals surface area contributed by atoms with Gasteiger partial charge in [-0.1, -0.05) is 22.0 Å². The van der Waals surface area contributed by atoms with E-state index in [9.17, 15) is 4.39 Å². The average molecular weight is 336 g/mol. The normalized spacial score (nSPS) is 27.0. The molecule has 2 aliphatic rings. The van der Waals surface area contributed by atoms with Gasteiger partial charge >= 0.3 is 0 Å². The van der Waals surface area contributed by atoms with Crippen molar-refractivity contribution in [1.29, 1.82) is 0 Å². The van der Waals surface area contributed by atoms with Crippen molar-refractivity contribution in [3.63, 3.8) is 0 Å². The number of nitrogens with one attached hydrogen (secondary N) is 1. The van der Waals surface area contributed by atoms with Crippen LogP contribution in [0.15, 0.2) is 22.7 Å². The summed E-state index contributed by atoms with van der Waals surface area (Å²) in [5.41, 5.74) is 0.792. The molecule has 2 nitrogen and oxygen atoms in total. The van der Waals surface area contributed by atoms with Gasteiger partial charge in [0.15, 0.2) is 0 Å². The lowest BCUT2D eigenvalue weighted by molar-refractivity contribution is 0.300. The lowest BCUT2D eigenvalue weighted by atomic mass is 10.0. The monoisotopic (exact) mass is 334 g/mol. The molecular formula is C13H17BrClFN2. The van der Waals surface area contributed by atoms with E-state index < -0.39 is 0 Å². The summed E-state index contributed by atoms with van der Waals surface area (Å²) in [6, 6.07) is 5.20. The summed E-state index contributed by atoms with van der Waals surface area (Å²) in [6.45, 7) is 5.16. The van der Waals surface area contributed by atoms with Gasteiger partial charge in [0.25, 0.3) is 0 Å². The standard InChI is InChI=1S/C13H16BrFN2.ClH/c14-12-2-1-3-13(15)11(12)8-17-6-9-4-16-5-10(9)7-17;/h1-3,9-10,16H,4-8H2;1H/t9-,10+;. The summed E-state index contributed by atoms with van der Waals surface area (Å²) >= 11 is 3.44. The lowest BCUT2D eigenvalue weighted by Gasteiger charge is -2.18. The third kappa shape index (κ3) is 2.72. The molecule has 0 spiro atoms. The largest absolute Gasteiger partial charge is 0.316 e. The van der Waals surface area contributed by atoms with E-state index in [1.165, 1.54) is 0 Å². The summed E-state index contributed by atoms with van der Waals surface area (Å²) in [7, 11) is 0. The molecule has 1 N–H and O–H groups in total. The third-order valence-corrected chi connectivity index (χ3v) is 4.65. The minimum absolute atomic E-state index is 0. The van der Waals surface area contributed by atoms with Gasteiger partial charge in [0.1, 0.15) is 5.82 Å². The van der Waals surface area contributed by atoms with Crippen molar-refractivity contribution in [2.45, 2.75) is 6.54 Å². The van der Waals surface area contributed by atoms with Crippen LogP contribution in [0.5, 0.6) is 0 Å². The van der Waals surface area contributed by atoms with Gasteiger partial charge < -0.3 is 5.32 Å². The van der Waals surface area contributed by atoms with E-state index in [4.69, 9.17) is 0 Å². The van der Waals surface area contributed by atoms with Crippen molar-refractivity contribution in [3.05, 3.63) is 34.1 Å². The predicted molar refractivity (Wildman–Crippen MR) is 76.5 cm³/mol. The maximum Gasteiger partial charge on any atom is 0.128 e. The molecule has 0 aliphatic carbocycles. The first kappa shape index (κ1) is 14.3. The van der Waals surface area contributed by atoms with E-state index in [1.807, 2.05) is 6.07 Å². The van der Waals surface area contributed by atoms with E-state index in [0.29, 0.717) is 0 Å². The summed E-state index contributed by atoms with van der Waals surface area (Å²) in [5.74, 6) is 1.43. The van der Waals surface area contributed by atoms with Crippen LogP contribution >= 0.6 is 28.3 Å². The van der Waals surface area contributed by atoms with Gasteiger partial charge in [-0.2, -0.15) is 0 Å². The van der Waals surface area contributed by atoms with Crippen LogP contribution in [0.25, 0.3) is 0 Å². The summed E-state index contributed by atoms with van der Waals surface area (Å²) < 4.78 is 14.6. The molecule has 5 heteroatoms. The van der Waals surface area contributed by atoms with Crippen LogP contribution in [0.4, 0.5) is 4.39 Å². The second-order valence-corrected chi connectivity index (χ2v) is 5.93. The van der Waals surface area contributed by atoms with Crippen molar-refractivity contribution in [1.82, 2.24) is 10.2 Å². The molecule has 0 bridgehead atoms.